The minimum Gasteiger partial charge on any atom is -0.340 e. The molecule has 0 bridgehead atoms. The molecule has 0 spiro atoms. The molecule has 0 radical (unpaired) electrons. The number of carbonyl (C=O) groups is 2. The van der Waals surface area contributed by atoms with Gasteiger partial charge in [0.15, 0.2) is 0 Å². The highest BCUT2D eigenvalue weighted by Gasteiger charge is 2.43. The predicted octanol–water partition coefficient (Wildman–Crippen LogP) is 1.68. The Morgan fingerprint density at radius 2 is 2.11 bits per heavy atom. The minimum atomic E-state index is -0.540. The van der Waals surface area contributed by atoms with E-state index in [2.05, 4.69) is 10.4 Å². The number of aryl methyl sites for hydroxylation is 2. The third-order valence-electron chi connectivity index (χ3n) is 5.86. The van der Waals surface area contributed by atoms with Crippen molar-refractivity contribution in [1.29, 1.82) is 0 Å². The molecule has 1 saturated carbocycles. The fraction of sp³-hybridized carbons (Fsp3) is 0.611. The van der Waals surface area contributed by atoms with Gasteiger partial charge in [-0.2, -0.15) is 5.10 Å². The number of rotatable bonds is 3. The maximum atomic E-state index is 12.7. The van der Waals surface area contributed by atoms with Gasteiger partial charge in [0, 0.05) is 31.6 Å². The van der Waals surface area contributed by atoms with E-state index in [0.29, 0.717) is 16.7 Å². The number of nitrogens with two attached hydrogens (primary N) is 1. The molecule has 2 aromatic rings. The molecule has 2 aromatic heterocycles. The van der Waals surface area contributed by atoms with Crippen molar-refractivity contribution in [2.75, 3.05) is 13.1 Å². The van der Waals surface area contributed by atoms with Crippen LogP contribution < -0.4 is 11.1 Å². The molecule has 7 nitrogen and oxygen atoms in total. The van der Waals surface area contributed by atoms with E-state index in [9.17, 15) is 9.59 Å². The van der Waals surface area contributed by atoms with Crippen molar-refractivity contribution in [3.05, 3.63) is 16.6 Å². The largest absolute Gasteiger partial charge is 0.340 e. The molecule has 1 saturated heterocycles. The third-order valence-corrected chi connectivity index (χ3v) is 7.06. The first-order valence-electron chi connectivity index (χ1n) is 9.13. The second-order valence-electron chi connectivity index (χ2n) is 7.64. The third kappa shape index (κ3) is 3.46. The highest BCUT2D eigenvalue weighted by Crippen LogP contribution is 2.37. The van der Waals surface area contributed by atoms with Gasteiger partial charge in [0.05, 0.1) is 10.6 Å². The number of hydrogen-bond donors (Lipinski definition) is 2. The number of halogens is 1. The summed E-state index contributed by atoms with van der Waals surface area (Å²) in [5.41, 5.74) is 7.06. The summed E-state index contributed by atoms with van der Waals surface area (Å²) >= 11 is 1.40. The lowest BCUT2D eigenvalue weighted by Gasteiger charge is -2.23. The van der Waals surface area contributed by atoms with Gasteiger partial charge in [-0.3, -0.25) is 14.3 Å². The number of likely N-dealkylation sites (tertiary alicyclic amines) is 1. The van der Waals surface area contributed by atoms with Crippen LogP contribution in [-0.4, -0.2) is 51.7 Å². The molecule has 4 rings (SSSR count). The van der Waals surface area contributed by atoms with Crippen molar-refractivity contribution in [2.24, 2.45) is 24.6 Å². The number of thiophene rings is 1. The van der Waals surface area contributed by atoms with E-state index in [1.807, 2.05) is 24.9 Å². The Kier molecular flexibility index (Phi) is 5.52. The normalized spacial score (nSPS) is 25.3. The van der Waals surface area contributed by atoms with Gasteiger partial charge in [-0.1, -0.05) is 0 Å². The molecule has 2 amide bonds. The Balaban J connectivity index is 0.00000210. The molecule has 9 heteroatoms. The number of nitrogens with one attached hydrogen (secondary N) is 1. The average molecular weight is 412 g/mol. The lowest BCUT2D eigenvalue weighted by atomic mass is 9.98. The molecule has 0 aromatic carbocycles. The second kappa shape index (κ2) is 7.41. The zero-order valence-electron chi connectivity index (χ0n) is 15.8. The topological polar surface area (TPSA) is 93.2 Å². The Hall–Kier alpha value is -1.64. The quantitative estimate of drug-likeness (QED) is 0.803. The van der Waals surface area contributed by atoms with Gasteiger partial charge in [-0.05, 0) is 44.6 Å². The fourth-order valence-electron chi connectivity index (χ4n) is 4.41. The highest BCUT2D eigenvalue weighted by molar-refractivity contribution is 7.20. The monoisotopic (exact) mass is 411 g/mol. The molecule has 27 heavy (non-hydrogen) atoms. The predicted molar refractivity (Wildman–Crippen MR) is 108 cm³/mol. The van der Waals surface area contributed by atoms with E-state index in [4.69, 9.17) is 5.73 Å². The first kappa shape index (κ1) is 20.1. The molecule has 4 unspecified atom stereocenters. The molecular formula is C18H26ClN5O2S. The standard InChI is InChI=1S/C18H25N5O2S.ClH/c1-9-12-6-15(26-18(12)22(3)21-9)16(24)20-10(2)17(25)23-7-11-4-5-14(19)13(11)8-23;/h6,10-11,13-14H,4-5,7-8,19H2,1-3H3,(H,20,24);1H. The summed E-state index contributed by atoms with van der Waals surface area (Å²) < 4.78 is 1.78. The van der Waals surface area contributed by atoms with E-state index in [0.717, 1.165) is 41.8 Å². The summed E-state index contributed by atoms with van der Waals surface area (Å²) in [5, 5.41) is 8.20. The fourth-order valence-corrected chi connectivity index (χ4v) is 5.43. The summed E-state index contributed by atoms with van der Waals surface area (Å²) in [6, 6.07) is 1.52. The van der Waals surface area contributed by atoms with Gasteiger partial charge in [0.2, 0.25) is 5.91 Å². The Morgan fingerprint density at radius 3 is 2.78 bits per heavy atom. The number of hydrogen-bond acceptors (Lipinski definition) is 5. The van der Waals surface area contributed by atoms with Crippen LogP contribution in [0.25, 0.3) is 10.2 Å². The van der Waals surface area contributed by atoms with Crippen molar-refractivity contribution >= 4 is 45.8 Å². The van der Waals surface area contributed by atoms with Crippen LogP contribution >= 0.6 is 23.7 Å². The lowest BCUT2D eigenvalue weighted by molar-refractivity contribution is -0.132. The first-order valence-corrected chi connectivity index (χ1v) is 9.95. The molecular weight excluding hydrogens is 386 g/mol. The molecule has 1 aliphatic heterocycles. The van der Waals surface area contributed by atoms with Gasteiger partial charge in [0.1, 0.15) is 10.9 Å². The van der Waals surface area contributed by atoms with E-state index >= 15 is 0 Å². The van der Waals surface area contributed by atoms with Gasteiger partial charge < -0.3 is 16.0 Å². The molecule has 1 aliphatic carbocycles. The highest BCUT2D eigenvalue weighted by atomic mass is 35.5. The van der Waals surface area contributed by atoms with Crippen LogP contribution in [0.3, 0.4) is 0 Å². The van der Waals surface area contributed by atoms with Crippen LogP contribution in [0.4, 0.5) is 0 Å². The average Bonchev–Trinajstić information content (AvgIpc) is 3.32. The molecule has 3 N–H and O–H groups in total. The summed E-state index contributed by atoms with van der Waals surface area (Å²) in [4.78, 5) is 28.8. The number of aromatic nitrogens is 2. The smallest absolute Gasteiger partial charge is 0.262 e. The number of carbonyl (C=O) groups excluding carboxylic acids is 2. The van der Waals surface area contributed by atoms with E-state index < -0.39 is 6.04 Å². The maximum Gasteiger partial charge on any atom is 0.262 e. The van der Waals surface area contributed by atoms with E-state index in [1.165, 1.54) is 11.3 Å². The van der Waals surface area contributed by atoms with E-state index in [1.54, 1.807) is 11.6 Å². The van der Waals surface area contributed by atoms with E-state index in [-0.39, 0.29) is 30.3 Å². The molecule has 4 atom stereocenters. The zero-order valence-corrected chi connectivity index (χ0v) is 17.4. The second-order valence-corrected chi connectivity index (χ2v) is 8.67. The Labute approximate surface area is 168 Å². The summed E-state index contributed by atoms with van der Waals surface area (Å²) in [6.45, 7) is 5.18. The summed E-state index contributed by atoms with van der Waals surface area (Å²) in [6.07, 6.45) is 2.16. The zero-order chi connectivity index (χ0) is 18.6. The minimum absolute atomic E-state index is 0. The van der Waals surface area contributed by atoms with Gasteiger partial charge >= 0.3 is 0 Å². The van der Waals surface area contributed by atoms with Crippen LogP contribution in [0, 0.1) is 18.8 Å². The van der Waals surface area contributed by atoms with Crippen LogP contribution in [0.15, 0.2) is 6.07 Å². The van der Waals surface area contributed by atoms with Crippen molar-refractivity contribution in [2.45, 2.75) is 38.8 Å². The molecule has 2 aliphatic rings. The summed E-state index contributed by atoms with van der Waals surface area (Å²) in [5.74, 6) is 0.719. The van der Waals surface area contributed by atoms with Crippen LogP contribution in [0.1, 0.15) is 35.1 Å². The Morgan fingerprint density at radius 1 is 1.37 bits per heavy atom. The molecule has 3 heterocycles. The van der Waals surface area contributed by atoms with Gasteiger partial charge in [-0.15, -0.1) is 23.7 Å². The van der Waals surface area contributed by atoms with Crippen LogP contribution in [-0.2, 0) is 11.8 Å². The molecule has 2 fully saturated rings. The van der Waals surface area contributed by atoms with Crippen molar-refractivity contribution in [3.8, 4) is 0 Å². The lowest BCUT2D eigenvalue weighted by Crippen LogP contribution is -2.46. The SMILES string of the molecule is Cc1nn(C)c2sc(C(=O)NC(C)C(=O)N3CC4CCC(N)C4C3)cc12.Cl. The number of nitrogens with zero attached hydrogens (tertiary/aromatic N) is 3. The molecule has 148 valence electrons. The van der Waals surface area contributed by atoms with Crippen molar-refractivity contribution in [3.63, 3.8) is 0 Å². The van der Waals surface area contributed by atoms with Gasteiger partial charge in [-0.25, -0.2) is 0 Å². The maximum absolute atomic E-state index is 12.7. The van der Waals surface area contributed by atoms with Crippen molar-refractivity contribution in [1.82, 2.24) is 20.0 Å². The van der Waals surface area contributed by atoms with Crippen molar-refractivity contribution < 1.29 is 9.59 Å². The van der Waals surface area contributed by atoms with Gasteiger partial charge in [0.25, 0.3) is 5.91 Å². The Bertz CT molecular complexity index is 844. The first-order chi connectivity index (χ1) is 12.3. The van der Waals surface area contributed by atoms with Crippen LogP contribution in [0.5, 0.6) is 0 Å². The number of amides is 2. The number of fused-ring (bicyclic) bond motifs is 2. The van der Waals surface area contributed by atoms with Crippen LogP contribution in [0.2, 0.25) is 0 Å². The summed E-state index contributed by atoms with van der Waals surface area (Å²) in [7, 11) is 1.87.